The molecule has 0 aromatic heterocycles. The van der Waals surface area contributed by atoms with Crippen molar-refractivity contribution in [3.05, 3.63) is 34.3 Å². The van der Waals surface area contributed by atoms with Gasteiger partial charge in [-0.05, 0) is 23.6 Å². The van der Waals surface area contributed by atoms with Crippen molar-refractivity contribution in [2.75, 3.05) is 0 Å². The monoisotopic (exact) mass is 326 g/mol. The van der Waals surface area contributed by atoms with Crippen LogP contribution in [-0.2, 0) is 16.0 Å². The van der Waals surface area contributed by atoms with E-state index >= 15 is 0 Å². The number of amides is 2. The molecular formula is C14H19BrN2O2. The lowest BCUT2D eigenvalue weighted by Gasteiger charge is -2.16. The van der Waals surface area contributed by atoms with Crippen LogP contribution in [0.3, 0.4) is 0 Å². The van der Waals surface area contributed by atoms with Crippen LogP contribution >= 0.6 is 15.9 Å². The molecule has 0 radical (unpaired) electrons. The van der Waals surface area contributed by atoms with Gasteiger partial charge in [0.05, 0.1) is 0 Å². The lowest BCUT2D eigenvalue weighted by molar-refractivity contribution is -0.127. The molecule has 0 aliphatic rings. The van der Waals surface area contributed by atoms with Gasteiger partial charge in [-0.2, -0.15) is 0 Å². The minimum absolute atomic E-state index is 0.145. The maximum absolute atomic E-state index is 11.7. The van der Waals surface area contributed by atoms with Gasteiger partial charge < -0.3 is 11.1 Å². The Kier molecular flexibility index (Phi) is 6.02. The second-order valence-electron chi connectivity index (χ2n) is 4.95. The largest absolute Gasteiger partial charge is 0.368 e. The third-order valence-electron chi connectivity index (χ3n) is 2.60. The molecule has 104 valence electrons. The molecule has 0 aliphatic carbocycles. The summed E-state index contributed by atoms with van der Waals surface area (Å²) in [5, 5.41) is 2.69. The predicted molar refractivity (Wildman–Crippen MR) is 78.4 cm³/mol. The molecule has 0 bridgehead atoms. The van der Waals surface area contributed by atoms with Crippen molar-refractivity contribution in [3.63, 3.8) is 0 Å². The molecule has 0 heterocycles. The minimum atomic E-state index is -0.666. The Morgan fingerprint density at radius 1 is 1.37 bits per heavy atom. The van der Waals surface area contributed by atoms with E-state index in [4.69, 9.17) is 5.73 Å². The van der Waals surface area contributed by atoms with Gasteiger partial charge in [0, 0.05) is 17.3 Å². The normalized spacial score (nSPS) is 12.2. The topological polar surface area (TPSA) is 72.2 Å². The number of benzene rings is 1. The molecule has 0 saturated carbocycles. The number of nitrogens with two attached hydrogens (primary N) is 1. The van der Waals surface area contributed by atoms with Crippen LogP contribution in [0.1, 0.15) is 25.8 Å². The Bertz CT molecular complexity index is 461. The van der Waals surface area contributed by atoms with E-state index in [1.54, 1.807) is 0 Å². The zero-order valence-corrected chi connectivity index (χ0v) is 12.7. The molecule has 0 spiro atoms. The van der Waals surface area contributed by atoms with Crippen molar-refractivity contribution in [2.24, 2.45) is 11.7 Å². The number of hydrogen-bond acceptors (Lipinski definition) is 2. The molecule has 0 aliphatic heterocycles. The molecule has 0 saturated heterocycles. The van der Waals surface area contributed by atoms with Crippen LogP contribution in [0.25, 0.3) is 0 Å². The van der Waals surface area contributed by atoms with Gasteiger partial charge in [0.15, 0.2) is 0 Å². The van der Waals surface area contributed by atoms with Crippen molar-refractivity contribution in [1.29, 1.82) is 0 Å². The third-order valence-corrected chi connectivity index (χ3v) is 3.09. The van der Waals surface area contributed by atoms with Crippen molar-refractivity contribution >= 4 is 27.7 Å². The Morgan fingerprint density at radius 3 is 2.58 bits per heavy atom. The fraction of sp³-hybridized carbons (Fsp3) is 0.429. The first-order chi connectivity index (χ1) is 8.88. The van der Waals surface area contributed by atoms with Gasteiger partial charge in [0.25, 0.3) is 0 Å². The van der Waals surface area contributed by atoms with E-state index in [9.17, 15) is 9.59 Å². The van der Waals surface area contributed by atoms with Crippen LogP contribution in [0.4, 0.5) is 0 Å². The van der Waals surface area contributed by atoms with Crippen molar-refractivity contribution in [3.8, 4) is 0 Å². The smallest absolute Gasteiger partial charge is 0.240 e. The van der Waals surface area contributed by atoms with Crippen molar-refractivity contribution < 1.29 is 9.59 Å². The quantitative estimate of drug-likeness (QED) is 0.839. The van der Waals surface area contributed by atoms with Crippen molar-refractivity contribution in [2.45, 2.75) is 32.7 Å². The Balaban J connectivity index is 2.68. The number of hydrogen-bond donors (Lipinski definition) is 2. The number of nitrogens with one attached hydrogen (secondary N) is 1. The predicted octanol–water partition coefficient (Wildman–Crippen LogP) is 2.01. The first-order valence-electron chi connectivity index (χ1n) is 6.21. The summed E-state index contributed by atoms with van der Waals surface area (Å²) in [6, 6.07) is 6.92. The summed E-state index contributed by atoms with van der Waals surface area (Å²) < 4.78 is 0.932. The summed E-state index contributed by atoms with van der Waals surface area (Å²) in [4.78, 5) is 23.1. The maximum atomic E-state index is 11.7. The van der Waals surface area contributed by atoms with E-state index in [1.807, 2.05) is 38.1 Å². The maximum Gasteiger partial charge on any atom is 0.240 e. The van der Waals surface area contributed by atoms with Crippen molar-refractivity contribution in [1.82, 2.24) is 5.32 Å². The molecule has 1 rings (SSSR count). The van der Waals surface area contributed by atoms with E-state index < -0.39 is 11.9 Å². The van der Waals surface area contributed by atoms with E-state index in [2.05, 4.69) is 21.2 Å². The average molecular weight is 327 g/mol. The Hall–Kier alpha value is -1.36. The Morgan fingerprint density at radius 2 is 2.05 bits per heavy atom. The van der Waals surface area contributed by atoms with Gasteiger partial charge in [-0.15, -0.1) is 0 Å². The number of carbonyl (C=O) groups excluding carboxylic acids is 2. The summed E-state index contributed by atoms with van der Waals surface area (Å²) in [7, 11) is 0. The molecule has 3 N–H and O–H groups in total. The Labute approximate surface area is 121 Å². The molecule has 4 nitrogen and oxygen atoms in total. The SMILES string of the molecule is CC(C)CC(=O)N[C@H](Cc1cccc(Br)c1)C(N)=O. The van der Waals surface area contributed by atoms with Crippen LogP contribution in [-0.4, -0.2) is 17.9 Å². The number of halogens is 1. The molecule has 5 heteroatoms. The van der Waals surface area contributed by atoms with Gasteiger partial charge in [-0.1, -0.05) is 41.9 Å². The number of primary amides is 1. The lowest BCUT2D eigenvalue weighted by atomic mass is 10.0. The molecular weight excluding hydrogens is 308 g/mol. The standard InChI is InChI=1S/C14H19BrN2O2/c1-9(2)6-13(18)17-12(14(16)19)8-10-4-3-5-11(15)7-10/h3-5,7,9,12H,6,8H2,1-2H3,(H2,16,19)(H,17,18)/t12-/m1/s1. The number of carbonyl (C=O) groups is 2. The summed E-state index contributed by atoms with van der Waals surface area (Å²) in [6.07, 6.45) is 0.793. The average Bonchev–Trinajstić information content (AvgIpc) is 2.26. The summed E-state index contributed by atoms with van der Waals surface area (Å²) in [6.45, 7) is 3.90. The molecule has 0 unspecified atom stereocenters. The molecule has 1 atom stereocenters. The van der Waals surface area contributed by atoms with Gasteiger partial charge >= 0.3 is 0 Å². The van der Waals surface area contributed by atoms with Crippen LogP contribution in [0.15, 0.2) is 28.7 Å². The zero-order chi connectivity index (χ0) is 14.4. The molecule has 1 aromatic carbocycles. The van der Waals surface area contributed by atoms with Gasteiger partial charge in [-0.3, -0.25) is 9.59 Å². The highest BCUT2D eigenvalue weighted by Crippen LogP contribution is 2.13. The highest BCUT2D eigenvalue weighted by Gasteiger charge is 2.19. The van der Waals surface area contributed by atoms with Gasteiger partial charge in [0.1, 0.15) is 6.04 Å². The highest BCUT2D eigenvalue weighted by molar-refractivity contribution is 9.10. The summed E-state index contributed by atoms with van der Waals surface area (Å²) >= 11 is 3.37. The van der Waals surface area contributed by atoms with E-state index in [0.29, 0.717) is 12.8 Å². The fourth-order valence-corrected chi connectivity index (χ4v) is 2.19. The van der Waals surface area contributed by atoms with E-state index in [-0.39, 0.29) is 11.8 Å². The van der Waals surface area contributed by atoms with Gasteiger partial charge in [-0.25, -0.2) is 0 Å². The molecule has 2 amide bonds. The summed E-state index contributed by atoms with van der Waals surface area (Å²) in [5.74, 6) is -0.412. The van der Waals surface area contributed by atoms with E-state index in [0.717, 1.165) is 10.0 Å². The van der Waals surface area contributed by atoms with Crippen LogP contribution < -0.4 is 11.1 Å². The minimum Gasteiger partial charge on any atom is -0.368 e. The highest BCUT2D eigenvalue weighted by atomic mass is 79.9. The van der Waals surface area contributed by atoms with Crippen LogP contribution in [0, 0.1) is 5.92 Å². The number of rotatable bonds is 6. The molecule has 19 heavy (non-hydrogen) atoms. The van der Waals surface area contributed by atoms with Crippen LogP contribution in [0.2, 0.25) is 0 Å². The lowest BCUT2D eigenvalue weighted by Crippen LogP contribution is -2.46. The second kappa shape index (κ2) is 7.28. The fourth-order valence-electron chi connectivity index (χ4n) is 1.75. The first-order valence-corrected chi connectivity index (χ1v) is 7.01. The van der Waals surface area contributed by atoms with Crippen LogP contribution in [0.5, 0.6) is 0 Å². The zero-order valence-electron chi connectivity index (χ0n) is 11.2. The molecule has 1 aromatic rings. The third kappa shape index (κ3) is 5.87. The van der Waals surface area contributed by atoms with Gasteiger partial charge in [0.2, 0.25) is 11.8 Å². The first kappa shape index (κ1) is 15.7. The second-order valence-corrected chi connectivity index (χ2v) is 5.87. The molecule has 0 fully saturated rings. The van der Waals surface area contributed by atoms with E-state index in [1.165, 1.54) is 0 Å². The summed E-state index contributed by atoms with van der Waals surface area (Å²) in [5.41, 5.74) is 6.28.